The van der Waals surface area contributed by atoms with Gasteiger partial charge in [-0.05, 0) is 24.7 Å². The van der Waals surface area contributed by atoms with Crippen LogP contribution < -0.4 is 0 Å². The summed E-state index contributed by atoms with van der Waals surface area (Å²) in [6.07, 6.45) is 8.21. The van der Waals surface area contributed by atoms with E-state index in [1.807, 2.05) is 0 Å². The minimum absolute atomic E-state index is 0.0107. The molecule has 8 heteroatoms. The third-order valence-corrected chi connectivity index (χ3v) is 5.90. The van der Waals surface area contributed by atoms with E-state index in [4.69, 9.17) is 0 Å². The van der Waals surface area contributed by atoms with Gasteiger partial charge in [-0.1, -0.05) is 66.2 Å². The second-order valence-corrected chi connectivity index (χ2v) is 8.30. The second-order valence-electron chi connectivity index (χ2n) is 8.30. The lowest BCUT2D eigenvalue weighted by Gasteiger charge is -2.31. The Morgan fingerprint density at radius 2 is 1.26 bits per heavy atom. The smallest absolute Gasteiger partial charge is 0.277 e. The van der Waals surface area contributed by atoms with Crippen LogP contribution in [-0.2, 0) is 0 Å². The van der Waals surface area contributed by atoms with Gasteiger partial charge in [-0.3, -0.25) is 25.0 Å². The van der Waals surface area contributed by atoms with E-state index < -0.39 is 21.2 Å². The Kier molecular flexibility index (Phi) is 11.7. The molecule has 0 aromatic heterocycles. The molecule has 0 aliphatic heterocycles. The van der Waals surface area contributed by atoms with Crippen molar-refractivity contribution in [3.63, 3.8) is 0 Å². The zero-order valence-electron chi connectivity index (χ0n) is 19.3. The molecule has 1 aromatic rings. The summed E-state index contributed by atoms with van der Waals surface area (Å²) in [5.41, 5.74) is -0.862. The van der Waals surface area contributed by atoms with E-state index in [9.17, 15) is 25.0 Å². The molecule has 0 radical (unpaired) electrons. The Morgan fingerprint density at radius 1 is 0.839 bits per heavy atom. The predicted molar refractivity (Wildman–Crippen MR) is 122 cm³/mol. The highest BCUT2D eigenvalue weighted by molar-refractivity contribution is 5.95. The van der Waals surface area contributed by atoms with Crippen LogP contribution in [0.3, 0.4) is 0 Å². The van der Waals surface area contributed by atoms with Crippen LogP contribution in [0.5, 0.6) is 0 Å². The van der Waals surface area contributed by atoms with E-state index in [0.29, 0.717) is 24.9 Å². The van der Waals surface area contributed by atoms with Gasteiger partial charge in [-0.15, -0.1) is 0 Å². The lowest BCUT2D eigenvalue weighted by Crippen LogP contribution is -2.39. The van der Waals surface area contributed by atoms with Gasteiger partial charge >= 0.3 is 0 Å². The average molecular weight is 436 g/mol. The Morgan fingerprint density at radius 3 is 1.58 bits per heavy atom. The Bertz CT molecular complexity index is 688. The van der Waals surface area contributed by atoms with Crippen LogP contribution in [0.15, 0.2) is 18.2 Å². The molecular weight excluding hydrogens is 398 g/mol. The molecule has 1 aromatic carbocycles. The van der Waals surface area contributed by atoms with Crippen molar-refractivity contribution in [1.82, 2.24) is 4.90 Å². The molecule has 1 amide bonds. The fourth-order valence-corrected chi connectivity index (χ4v) is 3.81. The number of rotatable bonds is 15. The van der Waals surface area contributed by atoms with E-state index in [1.165, 1.54) is 0 Å². The SMILES string of the molecule is CCCCC(CC)CN(CC(CC)CCCC)C(=O)c1cc([N+](=O)[O-])cc([N+](=O)[O-])c1. The molecule has 0 aliphatic rings. The zero-order chi connectivity index (χ0) is 23.4. The fraction of sp³-hybridized carbons (Fsp3) is 0.696. The van der Waals surface area contributed by atoms with Crippen molar-refractivity contribution in [3.05, 3.63) is 44.0 Å². The minimum Gasteiger partial charge on any atom is -0.338 e. The summed E-state index contributed by atoms with van der Waals surface area (Å²) in [4.78, 5) is 36.3. The third-order valence-electron chi connectivity index (χ3n) is 5.90. The van der Waals surface area contributed by atoms with E-state index >= 15 is 0 Å². The van der Waals surface area contributed by atoms with Crippen LogP contribution in [-0.4, -0.2) is 33.7 Å². The molecule has 0 fully saturated rings. The summed E-state index contributed by atoms with van der Waals surface area (Å²) in [7, 11) is 0. The van der Waals surface area contributed by atoms with Gasteiger partial charge in [0.15, 0.2) is 0 Å². The van der Waals surface area contributed by atoms with E-state index in [1.54, 1.807) is 4.90 Å². The summed E-state index contributed by atoms with van der Waals surface area (Å²) in [5, 5.41) is 22.5. The standard InChI is InChI=1S/C23H37N3O5/c1-5-9-11-18(7-3)16-24(17-19(8-4)12-10-6-2)23(27)20-13-21(25(28)29)15-22(14-20)26(30)31/h13-15,18-19H,5-12,16-17H2,1-4H3. The van der Waals surface area contributed by atoms with Gasteiger partial charge in [0.2, 0.25) is 0 Å². The third kappa shape index (κ3) is 8.63. The number of hydrogen-bond acceptors (Lipinski definition) is 5. The highest BCUT2D eigenvalue weighted by Gasteiger charge is 2.26. The molecule has 0 saturated heterocycles. The summed E-state index contributed by atoms with van der Waals surface area (Å²) in [6.45, 7) is 9.61. The lowest BCUT2D eigenvalue weighted by atomic mass is 9.95. The first-order chi connectivity index (χ1) is 14.8. The summed E-state index contributed by atoms with van der Waals surface area (Å²) in [5.74, 6) is 0.305. The van der Waals surface area contributed by atoms with Gasteiger partial charge in [-0.25, -0.2) is 0 Å². The number of nitro groups is 2. The first-order valence-electron chi connectivity index (χ1n) is 11.5. The maximum atomic E-state index is 13.4. The van der Waals surface area contributed by atoms with Crippen LogP contribution in [0.4, 0.5) is 11.4 Å². The molecule has 2 unspecified atom stereocenters. The van der Waals surface area contributed by atoms with Crippen LogP contribution in [0.25, 0.3) is 0 Å². The van der Waals surface area contributed by atoms with E-state index in [2.05, 4.69) is 27.7 Å². The number of hydrogen-bond donors (Lipinski definition) is 0. The minimum atomic E-state index is -0.694. The van der Waals surface area contributed by atoms with Crippen molar-refractivity contribution >= 4 is 17.3 Å². The molecule has 0 aliphatic carbocycles. The Balaban J connectivity index is 3.27. The van der Waals surface area contributed by atoms with Crippen molar-refractivity contribution < 1.29 is 14.6 Å². The van der Waals surface area contributed by atoms with Crippen LogP contribution in [0.2, 0.25) is 0 Å². The molecule has 2 atom stereocenters. The van der Waals surface area contributed by atoms with Crippen molar-refractivity contribution in [2.45, 2.75) is 79.1 Å². The van der Waals surface area contributed by atoms with E-state index in [0.717, 1.165) is 69.6 Å². The number of carbonyl (C=O) groups excluding carboxylic acids is 1. The highest BCUT2D eigenvalue weighted by atomic mass is 16.6. The van der Waals surface area contributed by atoms with Gasteiger partial charge in [0.1, 0.15) is 0 Å². The topological polar surface area (TPSA) is 107 Å². The Labute approximate surface area is 185 Å². The highest BCUT2D eigenvalue weighted by Crippen LogP contribution is 2.26. The molecule has 31 heavy (non-hydrogen) atoms. The van der Waals surface area contributed by atoms with Gasteiger partial charge in [-0.2, -0.15) is 0 Å². The Hall–Kier alpha value is -2.51. The number of carbonyl (C=O) groups is 1. The summed E-state index contributed by atoms with van der Waals surface area (Å²) >= 11 is 0. The fourth-order valence-electron chi connectivity index (χ4n) is 3.81. The predicted octanol–water partition coefficient (Wildman–Crippen LogP) is 6.38. The first-order valence-corrected chi connectivity index (χ1v) is 11.5. The zero-order valence-corrected chi connectivity index (χ0v) is 19.3. The molecule has 0 heterocycles. The van der Waals surface area contributed by atoms with Gasteiger partial charge < -0.3 is 4.90 Å². The maximum Gasteiger partial charge on any atom is 0.277 e. The quantitative estimate of drug-likeness (QED) is 0.235. The van der Waals surface area contributed by atoms with Crippen LogP contribution in [0.1, 0.15) is 89.4 Å². The molecule has 174 valence electrons. The molecular formula is C23H37N3O5. The molecule has 0 saturated carbocycles. The second kappa shape index (κ2) is 13.7. The van der Waals surface area contributed by atoms with Crippen molar-refractivity contribution in [1.29, 1.82) is 0 Å². The van der Waals surface area contributed by atoms with Crippen LogP contribution >= 0.6 is 0 Å². The van der Waals surface area contributed by atoms with Gasteiger partial charge in [0.25, 0.3) is 17.3 Å². The number of benzene rings is 1. The summed E-state index contributed by atoms with van der Waals surface area (Å²) < 4.78 is 0. The van der Waals surface area contributed by atoms with Crippen LogP contribution in [0, 0.1) is 32.1 Å². The molecule has 0 bridgehead atoms. The number of nitrogens with zero attached hydrogens (tertiary/aromatic N) is 3. The van der Waals surface area contributed by atoms with Gasteiger partial charge in [0.05, 0.1) is 21.5 Å². The number of non-ortho nitro benzene ring substituents is 2. The van der Waals surface area contributed by atoms with Gasteiger partial charge in [0, 0.05) is 25.2 Å². The van der Waals surface area contributed by atoms with E-state index in [-0.39, 0.29) is 11.5 Å². The molecule has 0 spiro atoms. The molecule has 0 N–H and O–H groups in total. The first kappa shape index (κ1) is 26.5. The summed E-state index contributed by atoms with van der Waals surface area (Å²) in [6, 6.07) is 3.21. The normalized spacial score (nSPS) is 12.9. The maximum absolute atomic E-state index is 13.4. The number of unbranched alkanes of at least 4 members (excludes halogenated alkanes) is 2. The van der Waals surface area contributed by atoms with Crippen molar-refractivity contribution in [2.75, 3.05) is 13.1 Å². The number of nitro benzene ring substituents is 2. The molecule has 8 nitrogen and oxygen atoms in total. The largest absolute Gasteiger partial charge is 0.338 e. The average Bonchev–Trinajstić information content (AvgIpc) is 2.77. The number of amides is 1. The van der Waals surface area contributed by atoms with Crippen molar-refractivity contribution in [3.8, 4) is 0 Å². The van der Waals surface area contributed by atoms with Crippen molar-refractivity contribution in [2.24, 2.45) is 11.8 Å². The lowest BCUT2D eigenvalue weighted by molar-refractivity contribution is -0.394. The monoisotopic (exact) mass is 435 g/mol. The molecule has 1 rings (SSSR count).